The summed E-state index contributed by atoms with van der Waals surface area (Å²) in [6.45, 7) is 7.52. The van der Waals surface area contributed by atoms with Gasteiger partial charge in [0.2, 0.25) is 5.91 Å². The minimum atomic E-state index is -0.768. The van der Waals surface area contributed by atoms with Gasteiger partial charge in [-0.05, 0) is 52.7 Å². The molecule has 1 unspecified atom stereocenters. The standard InChI is InChI=1S/C23H44N2O5S/c1-7-8-9-10-11-12-14-18(15-13-16-20(26)24-5)29-21(27)19(17-31-6)25-22(28)30-23(2,3)4/h18-19H,7-17H2,1-6H3,(H,24,26)(H,25,28)/t18-,19?/m0/s1. The fourth-order valence-corrected chi connectivity index (χ4v) is 3.61. The lowest BCUT2D eigenvalue weighted by Crippen LogP contribution is -2.46. The molecule has 0 heterocycles. The number of carbonyl (C=O) groups is 3. The van der Waals surface area contributed by atoms with Gasteiger partial charge in [0.1, 0.15) is 17.7 Å². The van der Waals surface area contributed by atoms with Gasteiger partial charge in [-0.15, -0.1) is 0 Å². The number of hydrogen-bond donors (Lipinski definition) is 2. The number of nitrogens with one attached hydrogen (secondary N) is 2. The number of esters is 1. The van der Waals surface area contributed by atoms with Crippen molar-refractivity contribution in [2.45, 2.75) is 110 Å². The highest BCUT2D eigenvalue weighted by Crippen LogP contribution is 2.17. The Bertz CT molecular complexity index is 523. The molecule has 0 aromatic rings. The van der Waals surface area contributed by atoms with Gasteiger partial charge >= 0.3 is 12.1 Å². The van der Waals surface area contributed by atoms with Crippen LogP contribution in [0.4, 0.5) is 4.79 Å². The van der Waals surface area contributed by atoms with Crippen molar-refractivity contribution >= 4 is 29.7 Å². The van der Waals surface area contributed by atoms with E-state index in [-0.39, 0.29) is 12.0 Å². The zero-order valence-electron chi connectivity index (χ0n) is 20.4. The number of hydrogen-bond acceptors (Lipinski definition) is 6. The minimum absolute atomic E-state index is 0.0171. The summed E-state index contributed by atoms with van der Waals surface area (Å²) >= 11 is 1.45. The van der Waals surface area contributed by atoms with Gasteiger partial charge in [-0.2, -0.15) is 11.8 Å². The first-order valence-corrected chi connectivity index (χ1v) is 12.9. The van der Waals surface area contributed by atoms with E-state index < -0.39 is 23.7 Å². The number of ether oxygens (including phenoxy) is 2. The van der Waals surface area contributed by atoms with Gasteiger partial charge in [0.15, 0.2) is 0 Å². The summed E-state index contributed by atoms with van der Waals surface area (Å²) in [4.78, 5) is 36.4. The van der Waals surface area contributed by atoms with Crippen LogP contribution in [0.3, 0.4) is 0 Å². The van der Waals surface area contributed by atoms with Crippen LogP contribution < -0.4 is 10.6 Å². The van der Waals surface area contributed by atoms with Gasteiger partial charge in [-0.25, -0.2) is 9.59 Å². The molecule has 0 fully saturated rings. The van der Waals surface area contributed by atoms with E-state index >= 15 is 0 Å². The summed E-state index contributed by atoms with van der Waals surface area (Å²) in [5, 5.41) is 5.25. The summed E-state index contributed by atoms with van der Waals surface area (Å²) in [5.74, 6) is -0.0623. The fraction of sp³-hybridized carbons (Fsp3) is 0.870. The second-order valence-electron chi connectivity index (χ2n) is 8.83. The maximum absolute atomic E-state index is 12.8. The summed E-state index contributed by atoms with van der Waals surface area (Å²) in [7, 11) is 1.62. The minimum Gasteiger partial charge on any atom is -0.461 e. The van der Waals surface area contributed by atoms with Crippen LogP contribution in [0.2, 0.25) is 0 Å². The van der Waals surface area contributed by atoms with E-state index in [4.69, 9.17) is 9.47 Å². The first-order chi connectivity index (χ1) is 14.6. The Morgan fingerprint density at radius 3 is 2.16 bits per heavy atom. The number of carbonyl (C=O) groups excluding carboxylic acids is 3. The molecule has 0 rings (SSSR count). The maximum Gasteiger partial charge on any atom is 0.408 e. The highest BCUT2D eigenvalue weighted by molar-refractivity contribution is 7.98. The Labute approximate surface area is 193 Å². The van der Waals surface area contributed by atoms with Crippen molar-refractivity contribution in [1.82, 2.24) is 10.6 Å². The van der Waals surface area contributed by atoms with Gasteiger partial charge in [0.25, 0.3) is 0 Å². The Hall–Kier alpha value is -1.44. The molecular formula is C23H44N2O5S. The van der Waals surface area contributed by atoms with Crippen LogP contribution in [0.5, 0.6) is 0 Å². The molecule has 0 spiro atoms. The van der Waals surface area contributed by atoms with Crippen LogP contribution in [-0.2, 0) is 19.1 Å². The highest BCUT2D eigenvalue weighted by Gasteiger charge is 2.27. The highest BCUT2D eigenvalue weighted by atomic mass is 32.2. The van der Waals surface area contributed by atoms with E-state index in [1.807, 2.05) is 6.26 Å². The average Bonchev–Trinajstić information content (AvgIpc) is 2.68. The fourth-order valence-electron chi connectivity index (χ4n) is 3.06. The van der Waals surface area contributed by atoms with Crippen molar-refractivity contribution in [2.24, 2.45) is 0 Å². The van der Waals surface area contributed by atoms with Crippen molar-refractivity contribution in [2.75, 3.05) is 19.1 Å². The van der Waals surface area contributed by atoms with Gasteiger partial charge in [0, 0.05) is 19.2 Å². The third-order valence-electron chi connectivity index (χ3n) is 4.68. The molecule has 2 N–H and O–H groups in total. The lowest BCUT2D eigenvalue weighted by atomic mass is 10.0. The Morgan fingerprint density at radius 1 is 0.968 bits per heavy atom. The Morgan fingerprint density at radius 2 is 1.58 bits per heavy atom. The van der Waals surface area contributed by atoms with Crippen LogP contribution in [0, 0.1) is 0 Å². The lowest BCUT2D eigenvalue weighted by Gasteiger charge is -2.24. The summed E-state index contributed by atoms with van der Waals surface area (Å²) < 4.78 is 11.1. The molecular weight excluding hydrogens is 416 g/mol. The Balaban J connectivity index is 4.82. The Kier molecular flexibility index (Phi) is 16.4. The number of unbranched alkanes of at least 4 members (excludes halogenated alkanes) is 5. The van der Waals surface area contributed by atoms with Gasteiger partial charge < -0.3 is 20.1 Å². The molecule has 0 saturated heterocycles. The third kappa shape index (κ3) is 16.9. The largest absolute Gasteiger partial charge is 0.461 e. The molecule has 0 bridgehead atoms. The molecule has 182 valence electrons. The molecule has 0 saturated carbocycles. The third-order valence-corrected chi connectivity index (χ3v) is 5.35. The van der Waals surface area contributed by atoms with E-state index in [0.29, 0.717) is 25.0 Å². The SMILES string of the molecule is CCCCCCCC[C@@H](CCCC(=O)NC)OC(=O)C(CSC)NC(=O)OC(C)(C)C. The maximum atomic E-state index is 12.8. The molecule has 7 nitrogen and oxygen atoms in total. The monoisotopic (exact) mass is 460 g/mol. The first kappa shape index (κ1) is 29.6. The zero-order chi connectivity index (χ0) is 23.7. The van der Waals surface area contributed by atoms with Crippen LogP contribution in [0.15, 0.2) is 0 Å². The molecule has 8 heteroatoms. The smallest absolute Gasteiger partial charge is 0.408 e. The number of amides is 2. The van der Waals surface area contributed by atoms with Gasteiger partial charge in [-0.1, -0.05) is 39.0 Å². The number of alkyl carbamates (subject to hydrolysis) is 1. The van der Waals surface area contributed by atoms with Crippen LogP contribution in [-0.4, -0.2) is 54.8 Å². The van der Waals surface area contributed by atoms with Crippen molar-refractivity contribution < 1.29 is 23.9 Å². The van der Waals surface area contributed by atoms with Crippen molar-refractivity contribution in [3.8, 4) is 0 Å². The molecule has 0 aliphatic rings. The number of thioether (sulfide) groups is 1. The summed E-state index contributed by atoms with van der Waals surface area (Å²) in [6.07, 6.45) is 10.4. The summed E-state index contributed by atoms with van der Waals surface area (Å²) in [6, 6.07) is -0.768. The quantitative estimate of drug-likeness (QED) is 0.253. The van der Waals surface area contributed by atoms with E-state index in [2.05, 4.69) is 17.6 Å². The normalized spacial score (nSPS) is 13.2. The molecule has 2 atom stereocenters. The molecule has 31 heavy (non-hydrogen) atoms. The van der Waals surface area contributed by atoms with Crippen molar-refractivity contribution in [1.29, 1.82) is 0 Å². The van der Waals surface area contributed by atoms with E-state index in [0.717, 1.165) is 19.3 Å². The van der Waals surface area contributed by atoms with Crippen LogP contribution >= 0.6 is 11.8 Å². The average molecular weight is 461 g/mol. The molecule has 0 aliphatic carbocycles. The van der Waals surface area contributed by atoms with E-state index in [1.54, 1.807) is 27.8 Å². The zero-order valence-corrected chi connectivity index (χ0v) is 21.2. The molecule has 0 aromatic carbocycles. The first-order valence-electron chi connectivity index (χ1n) is 11.5. The molecule has 0 aliphatic heterocycles. The second kappa shape index (κ2) is 17.2. The summed E-state index contributed by atoms with van der Waals surface area (Å²) in [5.41, 5.74) is -0.641. The molecule has 2 amide bonds. The van der Waals surface area contributed by atoms with Crippen LogP contribution in [0.1, 0.15) is 91.9 Å². The lowest BCUT2D eigenvalue weighted by molar-refractivity contribution is -0.151. The number of rotatable bonds is 16. The van der Waals surface area contributed by atoms with Crippen LogP contribution in [0.25, 0.3) is 0 Å². The molecule has 0 aromatic heterocycles. The molecule has 0 radical (unpaired) electrons. The van der Waals surface area contributed by atoms with Crippen molar-refractivity contribution in [3.63, 3.8) is 0 Å². The second-order valence-corrected chi connectivity index (χ2v) is 9.75. The predicted octanol–water partition coefficient (Wildman–Crippen LogP) is 4.82. The van der Waals surface area contributed by atoms with Crippen molar-refractivity contribution in [3.05, 3.63) is 0 Å². The predicted molar refractivity (Wildman–Crippen MR) is 127 cm³/mol. The van der Waals surface area contributed by atoms with E-state index in [9.17, 15) is 14.4 Å². The topological polar surface area (TPSA) is 93.7 Å². The van der Waals surface area contributed by atoms with Gasteiger partial charge in [0.05, 0.1) is 0 Å². The van der Waals surface area contributed by atoms with E-state index in [1.165, 1.54) is 37.4 Å². The van der Waals surface area contributed by atoms with Gasteiger partial charge in [-0.3, -0.25) is 4.79 Å².